The van der Waals surface area contributed by atoms with E-state index in [-0.39, 0.29) is 0 Å². The van der Waals surface area contributed by atoms with Crippen LogP contribution in [0.15, 0.2) is 0 Å². The summed E-state index contributed by atoms with van der Waals surface area (Å²) in [5.41, 5.74) is 0.682. The minimum absolute atomic E-state index is 0.303. The zero-order valence-electron chi connectivity index (χ0n) is 12.8. The lowest BCUT2D eigenvalue weighted by molar-refractivity contribution is -0.0256. The smallest absolute Gasteiger partial charge is 0.0332 e. The molecule has 2 atom stereocenters. The van der Waals surface area contributed by atoms with Gasteiger partial charge in [-0.1, -0.05) is 27.7 Å². The molecule has 1 fully saturated rings. The standard InChI is InChI=1S/C15H32N2/c1-7-13(5)17-12-14(6,8-2)16-11-15(17,9-3)10-4/h13,16H,7-12H2,1-6H3. The summed E-state index contributed by atoms with van der Waals surface area (Å²) in [4.78, 5) is 2.78. The first-order valence-corrected chi connectivity index (χ1v) is 7.48. The first-order chi connectivity index (χ1) is 7.97. The van der Waals surface area contributed by atoms with Gasteiger partial charge in [-0.15, -0.1) is 0 Å². The number of piperazine rings is 1. The molecule has 0 spiro atoms. The van der Waals surface area contributed by atoms with E-state index in [1.165, 1.54) is 32.2 Å². The van der Waals surface area contributed by atoms with E-state index < -0.39 is 0 Å². The molecule has 0 aromatic carbocycles. The molecule has 1 rings (SSSR count). The van der Waals surface area contributed by atoms with Crippen molar-refractivity contribution in [1.29, 1.82) is 0 Å². The normalized spacial score (nSPS) is 31.4. The molecule has 0 amide bonds. The Morgan fingerprint density at radius 1 is 1.12 bits per heavy atom. The average molecular weight is 240 g/mol. The monoisotopic (exact) mass is 240 g/mol. The Balaban J connectivity index is 2.94. The maximum atomic E-state index is 3.81. The molecule has 0 aromatic rings. The van der Waals surface area contributed by atoms with Crippen molar-refractivity contribution < 1.29 is 0 Å². The predicted octanol–water partition coefficient (Wildman–Crippen LogP) is 3.42. The molecule has 0 saturated carbocycles. The highest BCUT2D eigenvalue weighted by Crippen LogP contribution is 2.33. The van der Waals surface area contributed by atoms with Gasteiger partial charge in [0.2, 0.25) is 0 Å². The van der Waals surface area contributed by atoms with Crippen LogP contribution < -0.4 is 5.32 Å². The lowest BCUT2D eigenvalue weighted by Crippen LogP contribution is -2.70. The molecule has 1 aliphatic rings. The van der Waals surface area contributed by atoms with Crippen molar-refractivity contribution in [1.82, 2.24) is 10.2 Å². The zero-order valence-corrected chi connectivity index (χ0v) is 12.8. The number of nitrogens with one attached hydrogen (secondary N) is 1. The van der Waals surface area contributed by atoms with Gasteiger partial charge < -0.3 is 5.32 Å². The Morgan fingerprint density at radius 3 is 2.12 bits per heavy atom. The van der Waals surface area contributed by atoms with Crippen molar-refractivity contribution in [2.45, 2.75) is 84.3 Å². The summed E-state index contributed by atoms with van der Waals surface area (Å²) < 4.78 is 0. The number of hydrogen-bond donors (Lipinski definition) is 1. The molecule has 0 radical (unpaired) electrons. The van der Waals surface area contributed by atoms with Crippen molar-refractivity contribution >= 4 is 0 Å². The molecule has 102 valence electrons. The van der Waals surface area contributed by atoms with Gasteiger partial charge in [-0.05, 0) is 39.5 Å². The van der Waals surface area contributed by atoms with Crippen molar-refractivity contribution in [3.05, 3.63) is 0 Å². The molecular formula is C15H32N2. The van der Waals surface area contributed by atoms with Crippen LogP contribution in [-0.4, -0.2) is 35.1 Å². The second kappa shape index (κ2) is 5.71. The molecule has 1 heterocycles. The van der Waals surface area contributed by atoms with Crippen LogP contribution in [0.25, 0.3) is 0 Å². The van der Waals surface area contributed by atoms with Crippen LogP contribution >= 0.6 is 0 Å². The molecule has 2 unspecified atom stereocenters. The molecule has 1 saturated heterocycles. The summed E-state index contributed by atoms with van der Waals surface area (Å²) >= 11 is 0. The van der Waals surface area contributed by atoms with Gasteiger partial charge in [0, 0.05) is 30.2 Å². The summed E-state index contributed by atoms with van der Waals surface area (Å²) in [6.07, 6.45) is 4.96. The third-order valence-corrected chi connectivity index (χ3v) is 5.19. The maximum absolute atomic E-state index is 3.81. The molecular weight excluding hydrogens is 208 g/mol. The van der Waals surface area contributed by atoms with Crippen LogP contribution in [-0.2, 0) is 0 Å². The topological polar surface area (TPSA) is 15.3 Å². The number of rotatable bonds is 5. The highest BCUT2D eigenvalue weighted by Gasteiger charge is 2.44. The highest BCUT2D eigenvalue weighted by atomic mass is 15.3. The van der Waals surface area contributed by atoms with Crippen LogP contribution in [0.2, 0.25) is 0 Å². The van der Waals surface area contributed by atoms with E-state index in [1.54, 1.807) is 0 Å². The third kappa shape index (κ3) is 2.85. The third-order valence-electron chi connectivity index (χ3n) is 5.19. The summed E-state index contributed by atoms with van der Waals surface area (Å²) in [6, 6.07) is 0.697. The van der Waals surface area contributed by atoms with Gasteiger partial charge in [-0.3, -0.25) is 4.90 Å². The zero-order chi connectivity index (χ0) is 13.1. The van der Waals surface area contributed by atoms with Gasteiger partial charge in [0.05, 0.1) is 0 Å². The summed E-state index contributed by atoms with van der Waals surface area (Å²) in [5, 5.41) is 3.81. The van der Waals surface area contributed by atoms with E-state index in [9.17, 15) is 0 Å². The molecule has 1 aliphatic heterocycles. The highest BCUT2D eigenvalue weighted by molar-refractivity contribution is 5.03. The van der Waals surface area contributed by atoms with E-state index in [2.05, 4.69) is 51.8 Å². The van der Waals surface area contributed by atoms with Crippen molar-refractivity contribution in [3.8, 4) is 0 Å². The number of hydrogen-bond acceptors (Lipinski definition) is 2. The van der Waals surface area contributed by atoms with Crippen LogP contribution in [0.1, 0.15) is 67.2 Å². The fourth-order valence-electron chi connectivity index (χ4n) is 3.07. The largest absolute Gasteiger partial charge is 0.308 e. The van der Waals surface area contributed by atoms with Crippen LogP contribution in [0.5, 0.6) is 0 Å². The molecule has 1 N–H and O–H groups in total. The Morgan fingerprint density at radius 2 is 1.71 bits per heavy atom. The van der Waals surface area contributed by atoms with Gasteiger partial charge in [0.15, 0.2) is 0 Å². The lowest BCUT2D eigenvalue weighted by atomic mass is 9.81. The second-order valence-corrected chi connectivity index (χ2v) is 6.08. The number of nitrogens with zero attached hydrogens (tertiary/aromatic N) is 1. The first kappa shape index (κ1) is 15.0. The first-order valence-electron chi connectivity index (χ1n) is 7.48. The summed E-state index contributed by atoms with van der Waals surface area (Å²) in [5.74, 6) is 0. The van der Waals surface area contributed by atoms with Crippen molar-refractivity contribution in [2.24, 2.45) is 0 Å². The Labute approximate surface area is 108 Å². The minimum Gasteiger partial charge on any atom is -0.308 e. The van der Waals surface area contributed by atoms with Gasteiger partial charge >= 0.3 is 0 Å². The predicted molar refractivity (Wildman–Crippen MR) is 76.5 cm³/mol. The van der Waals surface area contributed by atoms with Crippen molar-refractivity contribution in [3.63, 3.8) is 0 Å². The van der Waals surface area contributed by atoms with Crippen LogP contribution in [0.3, 0.4) is 0 Å². The summed E-state index contributed by atoms with van der Waals surface area (Å²) in [7, 11) is 0. The van der Waals surface area contributed by atoms with Gasteiger partial charge in [-0.25, -0.2) is 0 Å². The molecule has 17 heavy (non-hydrogen) atoms. The molecule has 0 bridgehead atoms. The fraction of sp³-hybridized carbons (Fsp3) is 1.00. The Bertz CT molecular complexity index is 235. The van der Waals surface area contributed by atoms with Gasteiger partial charge in [0.1, 0.15) is 0 Å². The second-order valence-electron chi connectivity index (χ2n) is 6.08. The molecule has 2 nitrogen and oxygen atoms in total. The van der Waals surface area contributed by atoms with Crippen molar-refractivity contribution in [2.75, 3.05) is 13.1 Å². The van der Waals surface area contributed by atoms with E-state index >= 15 is 0 Å². The van der Waals surface area contributed by atoms with Crippen LogP contribution in [0.4, 0.5) is 0 Å². The van der Waals surface area contributed by atoms with E-state index in [0.717, 1.165) is 6.54 Å². The Kier molecular flexibility index (Phi) is 5.03. The Hall–Kier alpha value is -0.0800. The van der Waals surface area contributed by atoms with Gasteiger partial charge in [0.25, 0.3) is 0 Å². The lowest BCUT2D eigenvalue weighted by Gasteiger charge is -2.55. The molecule has 2 heteroatoms. The van der Waals surface area contributed by atoms with Gasteiger partial charge in [-0.2, -0.15) is 0 Å². The SMILES string of the molecule is CCC(C)N1CC(C)(CC)NCC1(CC)CC. The van der Waals surface area contributed by atoms with E-state index in [0.29, 0.717) is 17.1 Å². The molecule has 0 aromatic heterocycles. The average Bonchev–Trinajstić information content (AvgIpc) is 2.38. The fourth-order valence-corrected chi connectivity index (χ4v) is 3.07. The maximum Gasteiger partial charge on any atom is 0.0332 e. The molecule has 0 aliphatic carbocycles. The van der Waals surface area contributed by atoms with Crippen LogP contribution in [0, 0.1) is 0 Å². The summed E-state index contributed by atoms with van der Waals surface area (Å²) in [6.45, 7) is 16.4. The van der Waals surface area contributed by atoms with E-state index in [1.807, 2.05) is 0 Å². The quantitative estimate of drug-likeness (QED) is 0.792. The van der Waals surface area contributed by atoms with E-state index in [4.69, 9.17) is 0 Å². The minimum atomic E-state index is 0.303.